The van der Waals surface area contributed by atoms with E-state index in [-0.39, 0.29) is 11.9 Å². The van der Waals surface area contributed by atoms with Crippen LogP contribution in [0, 0.1) is 0 Å². The summed E-state index contributed by atoms with van der Waals surface area (Å²) in [6, 6.07) is 10.9. The Bertz CT molecular complexity index is 542. The first-order valence-electron chi connectivity index (χ1n) is 9.62. The summed E-state index contributed by atoms with van der Waals surface area (Å²) in [4.78, 5) is 19.9. The second-order valence-corrected chi connectivity index (χ2v) is 7.55. The fourth-order valence-corrected chi connectivity index (χ4v) is 3.89. The second kappa shape index (κ2) is 8.79. The van der Waals surface area contributed by atoms with Crippen LogP contribution in [-0.2, 0) is 11.3 Å². The predicted molar refractivity (Wildman–Crippen MR) is 101 cm³/mol. The lowest BCUT2D eigenvalue weighted by atomic mass is 10.1. The Kier molecular flexibility index (Phi) is 6.45. The molecule has 0 radical (unpaired) electrons. The van der Waals surface area contributed by atoms with Crippen LogP contribution in [-0.4, -0.2) is 79.0 Å². The zero-order valence-corrected chi connectivity index (χ0v) is 15.7. The van der Waals surface area contributed by atoms with Gasteiger partial charge in [0.2, 0.25) is 5.91 Å². The molecule has 2 unspecified atom stereocenters. The molecule has 1 aromatic carbocycles. The van der Waals surface area contributed by atoms with Gasteiger partial charge in [0.25, 0.3) is 0 Å². The summed E-state index contributed by atoms with van der Waals surface area (Å²) in [5.74, 6) is 0.203. The van der Waals surface area contributed by atoms with Gasteiger partial charge in [-0.15, -0.1) is 0 Å². The highest BCUT2D eigenvalue weighted by molar-refractivity contribution is 5.82. The van der Waals surface area contributed by atoms with Crippen LogP contribution in [0.15, 0.2) is 30.3 Å². The molecule has 0 bridgehead atoms. The predicted octanol–water partition coefficient (Wildman–Crippen LogP) is 1.40. The Morgan fingerprint density at radius 3 is 2.60 bits per heavy atom. The molecule has 2 saturated heterocycles. The van der Waals surface area contributed by atoms with Crippen LogP contribution in [0.1, 0.15) is 25.3 Å². The molecule has 0 aliphatic carbocycles. The lowest BCUT2D eigenvalue weighted by Crippen LogP contribution is -2.52. The minimum absolute atomic E-state index is 0.0277. The van der Waals surface area contributed by atoms with Crippen molar-refractivity contribution in [3.8, 4) is 0 Å². The van der Waals surface area contributed by atoms with Gasteiger partial charge in [0, 0.05) is 45.3 Å². The van der Waals surface area contributed by atoms with E-state index in [9.17, 15) is 4.79 Å². The Morgan fingerprint density at radius 1 is 1.16 bits per heavy atom. The summed E-state index contributed by atoms with van der Waals surface area (Å²) < 4.78 is 0. The molecule has 2 atom stereocenters. The number of likely N-dealkylation sites (N-methyl/N-ethyl adjacent to an activating group) is 1. The number of carbonyl (C=O) groups is 1. The van der Waals surface area contributed by atoms with Crippen LogP contribution >= 0.6 is 0 Å². The first-order chi connectivity index (χ1) is 12.1. The average molecular weight is 345 g/mol. The Hall–Kier alpha value is -1.43. The van der Waals surface area contributed by atoms with Gasteiger partial charge in [-0.25, -0.2) is 0 Å². The van der Waals surface area contributed by atoms with Crippen molar-refractivity contribution in [3.05, 3.63) is 35.9 Å². The molecule has 25 heavy (non-hydrogen) atoms. The molecule has 2 aliphatic rings. The number of benzene rings is 1. The molecule has 0 saturated carbocycles. The summed E-state index contributed by atoms with van der Waals surface area (Å²) in [6.07, 6.45) is 2.08. The van der Waals surface area contributed by atoms with E-state index >= 15 is 0 Å². The maximum absolute atomic E-state index is 12.7. The molecule has 1 aromatic rings. The molecule has 2 aliphatic heterocycles. The second-order valence-electron chi connectivity index (χ2n) is 7.55. The van der Waals surface area contributed by atoms with Gasteiger partial charge in [0.1, 0.15) is 0 Å². The Balaban J connectivity index is 1.46. The first kappa shape index (κ1) is 18.4. The van der Waals surface area contributed by atoms with Gasteiger partial charge in [-0.3, -0.25) is 14.6 Å². The largest absolute Gasteiger partial charge is 0.353 e. The molecule has 1 N–H and O–H groups in total. The maximum atomic E-state index is 12.7. The molecule has 5 heteroatoms. The molecule has 3 rings (SSSR count). The minimum Gasteiger partial charge on any atom is -0.353 e. The molecule has 1 amide bonds. The number of amides is 1. The highest BCUT2D eigenvalue weighted by Crippen LogP contribution is 2.20. The third-order valence-electron chi connectivity index (χ3n) is 5.63. The molecule has 138 valence electrons. The van der Waals surface area contributed by atoms with Gasteiger partial charge in [-0.05, 0) is 38.9 Å². The van der Waals surface area contributed by atoms with E-state index in [0.717, 1.165) is 58.7 Å². The van der Waals surface area contributed by atoms with Crippen LogP contribution in [0.4, 0.5) is 0 Å². The lowest BCUT2D eigenvalue weighted by Gasteiger charge is -2.36. The fraction of sp³-hybridized carbons (Fsp3) is 0.650. The van der Waals surface area contributed by atoms with Crippen LogP contribution in [0.5, 0.6) is 0 Å². The zero-order chi connectivity index (χ0) is 17.6. The van der Waals surface area contributed by atoms with E-state index in [4.69, 9.17) is 0 Å². The van der Waals surface area contributed by atoms with E-state index in [0.29, 0.717) is 6.04 Å². The van der Waals surface area contributed by atoms with Crippen molar-refractivity contribution in [2.45, 2.75) is 38.4 Å². The zero-order valence-electron chi connectivity index (χ0n) is 15.7. The van der Waals surface area contributed by atoms with E-state index in [1.54, 1.807) is 0 Å². The highest BCUT2D eigenvalue weighted by Gasteiger charge is 2.31. The third kappa shape index (κ3) is 5.03. The first-order valence-corrected chi connectivity index (χ1v) is 9.62. The van der Waals surface area contributed by atoms with Crippen LogP contribution in [0.2, 0.25) is 0 Å². The van der Waals surface area contributed by atoms with Gasteiger partial charge >= 0.3 is 0 Å². The average Bonchev–Trinajstić information content (AvgIpc) is 3.09. The van der Waals surface area contributed by atoms with Crippen molar-refractivity contribution in [1.82, 2.24) is 20.0 Å². The van der Waals surface area contributed by atoms with Crippen molar-refractivity contribution >= 4 is 5.91 Å². The molecule has 2 fully saturated rings. The number of nitrogens with one attached hydrogen (secondary N) is 1. The summed E-state index contributed by atoms with van der Waals surface area (Å²) in [7, 11) is 2.17. The fourth-order valence-electron chi connectivity index (χ4n) is 3.89. The summed E-state index contributed by atoms with van der Waals surface area (Å²) in [6.45, 7) is 9.28. The van der Waals surface area contributed by atoms with E-state index in [1.165, 1.54) is 5.56 Å². The Morgan fingerprint density at radius 2 is 1.88 bits per heavy atom. The summed E-state index contributed by atoms with van der Waals surface area (Å²) in [5.41, 5.74) is 1.29. The van der Waals surface area contributed by atoms with Crippen LogP contribution < -0.4 is 5.32 Å². The van der Waals surface area contributed by atoms with Gasteiger partial charge in [0.05, 0.1) is 6.04 Å². The van der Waals surface area contributed by atoms with Crippen molar-refractivity contribution in [1.29, 1.82) is 0 Å². The van der Waals surface area contributed by atoms with E-state index < -0.39 is 0 Å². The molecule has 5 nitrogen and oxygen atoms in total. The standard InChI is InChI=1S/C20H32N4O/c1-17(23-13-11-22(2)12-14-23)15-21-20(25)19-9-6-10-24(19)16-18-7-4-3-5-8-18/h3-5,7-8,17,19H,6,9-16H2,1-2H3,(H,21,25). The molecular weight excluding hydrogens is 312 g/mol. The van der Waals surface area contributed by atoms with Crippen molar-refractivity contribution < 1.29 is 4.79 Å². The number of nitrogens with zero attached hydrogens (tertiary/aromatic N) is 3. The smallest absolute Gasteiger partial charge is 0.237 e. The molecule has 0 aromatic heterocycles. The number of carbonyl (C=O) groups excluding carboxylic acids is 1. The SMILES string of the molecule is CC(CNC(=O)C1CCCN1Cc1ccccc1)N1CCN(C)CC1. The lowest BCUT2D eigenvalue weighted by molar-refractivity contribution is -0.125. The van der Waals surface area contributed by atoms with E-state index in [1.807, 2.05) is 6.07 Å². The Labute approximate surface area is 152 Å². The monoisotopic (exact) mass is 344 g/mol. The van der Waals surface area contributed by atoms with Gasteiger partial charge in [-0.2, -0.15) is 0 Å². The van der Waals surface area contributed by atoms with Crippen molar-refractivity contribution in [2.75, 3.05) is 46.3 Å². The highest BCUT2D eigenvalue weighted by atomic mass is 16.2. The molecule has 0 spiro atoms. The number of likely N-dealkylation sites (tertiary alicyclic amines) is 1. The van der Waals surface area contributed by atoms with Crippen LogP contribution in [0.3, 0.4) is 0 Å². The number of hydrogen-bond acceptors (Lipinski definition) is 4. The molecular formula is C20H32N4O. The topological polar surface area (TPSA) is 38.8 Å². The summed E-state index contributed by atoms with van der Waals surface area (Å²) >= 11 is 0. The van der Waals surface area contributed by atoms with Crippen molar-refractivity contribution in [3.63, 3.8) is 0 Å². The van der Waals surface area contributed by atoms with Crippen molar-refractivity contribution in [2.24, 2.45) is 0 Å². The molecule has 2 heterocycles. The minimum atomic E-state index is 0.0277. The number of piperazine rings is 1. The number of hydrogen-bond donors (Lipinski definition) is 1. The summed E-state index contributed by atoms with van der Waals surface area (Å²) in [5, 5.41) is 3.21. The third-order valence-corrected chi connectivity index (χ3v) is 5.63. The number of rotatable bonds is 6. The van der Waals surface area contributed by atoms with Gasteiger partial charge < -0.3 is 10.2 Å². The quantitative estimate of drug-likeness (QED) is 0.847. The van der Waals surface area contributed by atoms with Gasteiger partial charge in [0.15, 0.2) is 0 Å². The van der Waals surface area contributed by atoms with Gasteiger partial charge in [-0.1, -0.05) is 30.3 Å². The van der Waals surface area contributed by atoms with E-state index in [2.05, 4.69) is 58.3 Å². The van der Waals surface area contributed by atoms with Crippen LogP contribution in [0.25, 0.3) is 0 Å². The normalized spacial score (nSPS) is 24.3. The maximum Gasteiger partial charge on any atom is 0.237 e.